The van der Waals surface area contributed by atoms with Crippen LogP contribution in [0.5, 0.6) is 5.75 Å². The van der Waals surface area contributed by atoms with Crippen molar-refractivity contribution >= 4 is 29.4 Å². The zero-order valence-corrected chi connectivity index (χ0v) is 12.8. The minimum Gasteiger partial charge on any atom is -0.496 e. The highest BCUT2D eigenvalue weighted by Crippen LogP contribution is 2.19. The molecule has 0 radical (unpaired) electrons. The Morgan fingerprint density at radius 1 is 1.23 bits per heavy atom. The molecule has 6 heteroatoms. The van der Waals surface area contributed by atoms with Gasteiger partial charge in [0.25, 0.3) is 5.91 Å². The van der Waals surface area contributed by atoms with Gasteiger partial charge in [0, 0.05) is 5.56 Å². The standard InChI is InChI=1S/C16H16ClN3O2/c1-22-15-9-5-2-6-12(15)10-19-20-16(21)11-18-14-8-4-3-7-13(14)17/h2-10,18H,11H2,1H3,(H,20,21)/b19-10+. The number of nitrogens with zero attached hydrogens (tertiary/aromatic N) is 1. The van der Waals surface area contributed by atoms with E-state index in [1.165, 1.54) is 6.21 Å². The minimum atomic E-state index is -0.272. The second-order valence-corrected chi connectivity index (χ2v) is 4.78. The Labute approximate surface area is 133 Å². The molecule has 2 N–H and O–H groups in total. The monoisotopic (exact) mass is 317 g/mol. The third-order valence-corrected chi connectivity index (χ3v) is 3.17. The number of anilines is 1. The van der Waals surface area contributed by atoms with Gasteiger partial charge in [-0.15, -0.1) is 0 Å². The molecule has 0 aliphatic heterocycles. The van der Waals surface area contributed by atoms with E-state index < -0.39 is 0 Å². The number of hydrogen-bond donors (Lipinski definition) is 2. The molecule has 2 aromatic carbocycles. The van der Waals surface area contributed by atoms with Crippen LogP contribution in [0.4, 0.5) is 5.69 Å². The Morgan fingerprint density at radius 3 is 2.73 bits per heavy atom. The number of hydrazone groups is 1. The van der Waals surface area contributed by atoms with Crippen molar-refractivity contribution in [3.05, 3.63) is 59.1 Å². The zero-order chi connectivity index (χ0) is 15.8. The van der Waals surface area contributed by atoms with E-state index in [-0.39, 0.29) is 12.5 Å². The van der Waals surface area contributed by atoms with Gasteiger partial charge in [-0.05, 0) is 24.3 Å². The Bertz CT molecular complexity index is 674. The summed E-state index contributed by atoms with van der Waals surface area (Å²) in [7, 11) is 1.58. The molecular formula is C16H16ClN3O2. The Balaban J connectivity index is 1.85. The van der Waals surface area contributed by atoms with Crippen LogP contribution in [0.15, 0.2) is 53.6 Å². The first kappa shape index (κ1) is 15.9. The molecule has 0 bridgehead atoms. The number of hydrogen-bond acceptors (Lipinski definition) is 4. The number of carbonyl (C=O) groups is 1. The van der Waals surface area contributed by atoms with Gasteiger partial charge < -0.3 is 10.1 Å². The summed E-state index contributed by atoms with van der Waals surface area (Å²) >= 11 is 5.99. The van der Waals surface area contributed by atoms with Crippen molar-refractivity contribution in [2.45, 2.75) is 0 Å². The molecule has 1 amide bonds. The van der Waals surface area contributed by atoms with Crippen molar-refractivity contribution in [2.24, 2.45) is 5.10 Å². The van der Waals surface area contributed by atoms with Gasteiger partial charge >= 0.3 is 0 Å². The van der Waals surface area contributed by atoms with Crippen LogP contribution in [0.1, 0.15) is 5.56 Å². The molecule has 22 heavy (non-hydrogen) atoms. The van der Waals surface area contributed by atoms with Gasteiger partial charge in [-0.25, -0.2) is 5.43 Å². The van der Waals surface area contributed by atoms with Crippen molar-refractivity contribution < 1.29 is 9.53 Å². The first-order valence-electron chi connectivity index (χ1n) is 6.64. The molecule has 2 aromatic rings. The predicted octanol–water partition coefficient (Wildman–Crippen LogP) is 2.91. The molecule has 5 nitrogen and oxygen atoms in total. The fraction of sp³-hybridized carbons (Fsp3) is 0.125. The van der Waals surface area contributed by atoms with E-state index in [2.05, 4.69) is 15.8 Å². The van der Waals surface area contributed by atoms with Crippen molar-refractivity contribution in [1.82, 2.24) is 5.43 Å². The molecule has 0 aliphatic carbocycles. The normalized spacial score (nSPS) is 10.5. The van der Waals surface area contributed by atoms with E-state index >= 15 is 0 Å². The first-order chi connectivity index (χ1) is 10.7. The lowest BCUT2D eigenvalue weighted by Gasteiger charge is -2.07. The van der Waals surface area contributed by atoms with Crippen LogP contribution >= 0.6 is 11.6 Å². The summed E-state index contributed by atoms with van der Waals surface area (Å²) in [5.41, 5.74) is 3.93. The summed E-state index contributed by atoms with van der Waals surface area (Å²) in [5.74, 6) is 0.417. The molecule has 2 rings (SSSR count). The summed E-state index contributed by atoms with van der Waals surface area (Å²) in [6, 6.07) is 14.6. The maximum atomic E-state index is 11.7. The van der Waals surface area contributed by atoms with Gasteiger partial charge in [0.1, 0.15) is 5.75 Å². The molecule has 0 aliphatic rings. The van der Waals surface area contributed by atoms with Crippen LogP contribution < -0.4 is 15.5 Å². The maximum Gasteiger partial charge on any atom is 0.259 e. The number of halogens is 1. The molecule has 0 saturated heterocycles. The molecule has 0 atom stereocenters. The third-order valence-electron chi connectivity index (χ3n) is 2.85. The van der Waals surface area contributed by atoms with Gasteiger partial charge in [0.2, 0.25) is 0 Å². The lowest BCUT2D eigenvalue weighted by Crippen LogP contribution is -2.26. The van der Waals surface area contributed by atoms with Gasteiger partial charge in [-0.3, -0.25) is 4.79 Å². The molecule has 0 heterocycles. The third kappa shape index (κ3) is 4.49. The zero-order valence-electron chi connectivity index (χ0n) is 12.0. The highest BCUT2D eigenvalue weighted by Gasteiger charge is 2.02. The van der Waals surface area contributed by atoms with E-state index in [9.17, 15) is 4.79 Å². The van der Waals surface area contributed by atoms with Crippen LogP contribution in [0.25, 0.3) is 0 Å². The lowest BCUT2D eigenvalue weighted by molar-refractivity contribution is -0.119. The number of methoxy groups -OCH3 is 1. The van der Waals surface area contributed by atoms with Crippen LogP contribution in [-0.4, -0.2) is 25.8 Å². The second-order valence-electron chi connectivity index (χ2n) is 4.37. The fourth-order valence-corrected chi connectivity index (χ4v) is 1.97. The van der Waals surface area contributed by atoms with E-state index in [4.69, 9.17) is 16.3 Å². The average molecular weight is 318 g/mol. The Hall–Kier alpha value is -2.53. The lowest BCUT2D eigenvalue weighted by atomic mass is 10.2. The summed E-state index contributed by atoms with van der Waals surface area (Å²) in [6.07, 6.45) is 1.53. The fourth-order valence-electron chi connectivity index (χ4n) is 1.77. The number of amides is 1. The molecule has 0 aromatic heterocycles. The van der Waals surface area contributed by atoms with Gasteiger partial charge in [0.05, 0.1) is 30.6 Å². The van der Waals surface area contributed by atoms with Crippen LogP contribution in [-0.2, 0) is 4.79 Å². The van der Waals surface area contributed by atoms with Crippen LogP contribution in [0, 0.1) is 0 Å². The van der Waals surface area contributed by atoms with Gasteiger partial charge in [-0.1, -0.05) is 35.9 Å². The van der Waals surface area contributed by atoms with E-state index in [1.807, 2.05) is 36.4 Å². The highest BCUT2D eigenvalue weighted by molar-refractivity contribution is 6.33. The van der Waals surface area contributed by atoms with Crippen molar-refractivity contribution in [2.75, 3.05) is 19.0 Å². The molecule has 0 fully saturated rings. The number of rotatable bonds is 6. The van der Waals surface area contributed by atoms with Crippen LogP contribution in [0.2, 0.25) is 5.02 Å². The van der Waals surface area contributed by atoms with Crippen LogP contribution in [0.3, 0.4) is 0 Å². The van der Waals surface area contributed by atoms with Gasteiger partial charge in [-0.2, -0.15) is 5.10 Å². The number of nitrogens with one attached hydrogen (secondary N) is 2. The molecule has 0 spiro atoms. The SMILES string of the molecule is COc1ccccc1/C=N/NC(=O)CNc1ccccc1Cl. The summed E-state index contributed by atoms with van der Waals surface area (Å²) in [5, 5.41) is 7.41. The molecular weight excluding hydrogens is 302 g/mol. The summed E-state index contributed by atoms with van der Waals surface area (Å²) < 4.78 is 5.19. The Kier molecular flexibility index (Phi) is 5.80. The number of ether oxygens (including phenoxy) is 1. The number of carbonyl (C=O) groups excluding carboxylic acids is 1. The number of para-hydroxylation sites is 2. The van der Waals surface area contributed by atoms with Gasteiger partial charge in [0.15, 0.2) is 0 Å². The van der Waals surface area contributed by atoms with Crippen molar-refractivity contribution in [1.29, 1.82) is 0 Å². The minimum absolute atomic E-state index is 0.0764. The van der Waals surface area contributed by atoms with E-state index in [0.29, 0.717) is 16.5 Å². The predicted molar refractivity (Wildman–Crippen MR) is 88.7 cm³/mol. The quantitative estimate of drug-likeness (QED) is 0.636. The van der Waals surface area contributed by atoms with Crippen molar-refractivity contribution in [3.63, 3.8) is 0 Å². The molecule has 0 saturated carbocycles. The maximum absolute atomic E-state index is 11.7. The topological polar surface area (TPSA) is 62.7 Å². The summed E-state index contributed by atoms with van der Waals surface area (Å²) in [6.45, 7) is 0.0764. The van der Waals surface area contributed by atoms with Crippen molar-refractivity contribution in [3.8, 4) is 5.75 Å². The summed E-state index contributed by atoms with van der Waals surface area (Å²) in [4.78, 5) is 11.7. The molecule has 114 valence electrons. The smallest absolute Gasteiger partial charge is 0.259 e. The van der Waals surface area contributed by atoms with E-state index in [1.54, 1.807) is 19.2 Å². The number of benzene rings is 2. The highest BCUT2D eigenvalue weighted by atomic mass is 35.5. The first-order valence-corrected chi connectivity index (χ1v) is 7.02. The Morgan fingerprint density at radius 2 is 1.95 bits per heavy atom. The largest absolute Gasteiger partial charge is 0.496 e. The average Bonchev–Trinajstić information content (AvgIpc) is 2.54. The second kappa shape index (κ2) is 8.05. The van der Waals surface area contributed by atoms with E-state index in [0.717, 1.165) is 5.56 Å². The molecule has 0 unspecified atom stereocenters.